The van der Waals surface area contributed by atoms with E-state index in [0.29, 0.717) is 5.65 Å². The SMILES string of the molecule is Cn1c(N)c(C(=O)Cn2cnc3c(cnn3C)c2=O)c(=O)n(C)c1=O. The van der Waals surface area contributed by atoms with E-state index in [1.165, 1.54) is 31.3 Å². The number of nitrogens with two attached hydrogens (primary N) is 1. The minimum atomic E-state index is -0.811. The van der Waals surface area contributed by atoms with E-state index >= 15 is 0 Å². The molecule has 0 amide bonds. The van der Waals surface area contributed by atoms with Crippen LogP contribution in [0.15, 0.2) is 26.9 Å². The van der Waals surface area contributed by atoms with Gasteiger partial charge in [-0.3, -0.25) is 32.8 Å². The predicted octanol–water partition coefficient (Wildman–Crippen LogP) is -2.01. The Morgan fingerprint density at radius 1 is 1.12 bits per heavy atom. The van der Waals surface area contributed by atoms with Crippen LogP contribution in [-0.2, 0) is 27.7 Å². The highest BCUT2D eigenvalue weighted by molar-refractivity contribution is 5.99. The molecule has 11 heteroatoms. The third kappa shape index (κ3) is 2.36. The van der Waals surface area contributed by atoms with Crippen LogP contribution < -0.4 is 22.5 Å². The molecule has 3 heterocycles. The van der Waals surface area contributed by atoms with Crippen molar-refractivity contribution in [1.82, 2.24) is 28.5 Å². The normalized spacial score (nSPS) is 11.2. The third-order valence-electron chi connectivity index (χ3n) is 4.02. The number of carbonyl (C=O) groups excluding carboxylic acids is 1. The van der Waals surface area contributed by atoms with E-state index in [9.17, 15) is 19.2 Å². The molecule has 3 rings (SSSR count). The van der Waals surface area contributed by atoms with Crippen LogP contribution in [0, 0.1) is 0 Å². The van der Waals surface area contributed by atoms with Crippen molar-refractivity contribution in [2.75, 3.05) is 5.73 Å². The third-order valence-corrected chi connectivity index (χ3v) is 4.02. The summed E-state index contributed by atoms with van der Waals surface area (Å²) in [6.07, 6.45) is 2.55. The fraction of sp³-hybridized carbons (Fsp3) is 0.286. The monoisotopic (exact) mass is 345 g/mol. The predicted molar refractivity (Wildman–Crippen MR) is 88.4 cm³/mol. The summed E-state index contributed by atoms with van der Waals surface area (Å²) in [5.41, 5.74) is 3.87. The molecule has 0 fully saturated rings. The van der Waals surface area contributed by atoms with Crippen molar-refractivity contribution in [3.8, 4) is 0 Å². The first-order chi connectivity index (χ1) is 11.7. The van der Waals surface area contributed by atoms with E-state index in [4.69, 9.17) is 5.73 Å². The zero-order valence-corrected chi connectivity index (χ0v) is 13.8. The molecule has 0 aliphatic carbocycles. The maximum absolute atomic E-state index is 12.5. The van der Waals surface area contributed by atoms with Gasteiger partial charge in [-0.2, -0.15) is 5.10 Å². The number of hydrogen-bond donors (Lipinski definition) is 1. The van der Waals surface area contributed by atoms with Gasteiger partial charge in [0, 0.05) is 21.1 Å². The van der Waals surface area contributed by atoms with Crippen molar-refractivity contribution in [3.05, 3.63) is 49.3 Å². The molecule has 0 bridgehead atoms. The molecule has 130 valence electrons. The average molecular weight is 345 g/mol. The first kappa shape index (κ1) is 16.4. The molecule has 11 nitrogen and oxygen atoms in total. The van der Waals surface area contributed by atoms with Crippen molar-refractivity contribution >= 4 is 22.6 Å². The molecule has 0 radical (unpaired) electrons. The number of Topliss-reactive ketones (excluding diaryl/α,β-unsaturated/α-hetero) is 1. The zero-order chi connectivity index (χ0) is 18.5. The Balaban J connectivity index is 2.11. The minimum absolute atomic E-state index is 0.249. The van der Waals surface area contributed by atoms with Gasteiger partial charge in [0.25, 0.3) is 11.1 Å². The van der Waals surface area contributed by atoms with E-state index < -0.39 is 29.1 Å². The van der Waals surface area contributed by atoms with Crippen molar-refractivity contribution in [2.24, 2.45) is 21.1 Å². The fourth-order valence-electron chi connectivity index (χ4n) is 2.53. The minimum Gasteiger partial charge on any atom is -0.384 e. The Bertz CT molecular complexity index is 1190. The molecule has 0 spiro atoms. The number of nitrogen functional groups attached to an aromatic ring is 1. The molecule has 0 atom stereocenters. The van der Waals surface area contributed by atoms with Crippen LogP contribution in [0.1, 0.15) is 10.4 Å². The molecule has 0 saturated carbocycles. The zero-order valence-electron chi connectivity index (χ0n) is 13.8. The largest absolute Gasteiger partial charge is 0.384 e. The quantitative estimate of drug-likeness (QED) is 0.541. The lowest BCUT2D eigenvalue weighted by Gasteiger charge is -2.11. The highest BCUT2D eigenvalue weighted by Crippen LogP contribution is 2.07. The summed E-state index contributed by atoms with van der Waals surface area (Å²) in [7, 11) is 4.23. The molecule has 0 unspecified atom stereocenters. The summed E-state index contributed by atoms with van der Waals surface area (Å²) in [6.45, 7) is -0.436. The van der Waals surface area contributed by atoms with Crippen LogP contribution in [0.5, 0.6) is 0 Å². The van der Waals surface area contributed by atoms with Crippen LogP contribution in [0.25, 0.3) is 11.0 Å². The van der Waals surface area contributed by atoms with Crippen LogP contribution >= 0.6 is 0 Å². The number of aryl methyl sites for hydroxylation is 1. The van der Waals surface area contributed by atoms with E-state index in [1.54, 1.807) is 7.05 Å². The number of rotatable bonds is 3. The highest BCUT2D eigenvalue weighted by Gasteiger charge is 2.21. The van der Waals surface area contributed by atoms with Gasteiger partial charge in [0.1, 0.15) is 23.1 Å². The molecule has 2 N–H and O–H groups in total. The second-order valence-electron chi connectivity index (χ2n) is 5.57. The Morgan fingerprint density at radius 3 is 2.48 bits per heavy atom. The molecule has 0 saturated heterocycles. The second kappa shape index (κ2) is 5.54. The standard InChI is InChI=1S/C14H15N7O4/c1-18-10(15)9(13(24)19(2)14(18)25)8(22)5-21-6-16-11-7(12(21)23)4-17-20(11)3/h4,6H,5,15H2,1-3H3. The van der Waals surface area contributed by atoms with Crippen molar-refractivity contribution in [1.29, 1.82) is 0 Å². The van der Waals surface area contributed by atoms with E-state index in [-0.39, 0.29) is 16.8 Å². The van der Waals surface area contributed by atoms with Crippen molar-refractivity contribution in [3.63, 3.8) is 0 Å². The maximum Gasteiger partial charge on any atom is 0.332 e. The topological polar surface area (TPSA) is 140 Å². The molecule has 0 aliphatic heterocycles. The number of fused-ring (bicyclic) bond motifs is 1. The van der Waals surface area contributed by atoms with Gasteiger partial charge in [0.15, 0.2) is 11.4 Å². The Hall–Kier alpha value is -3.50. The van der Waals surface area contributed by atoms with Crippen LogP contribution in [0.4, 0.5) is 5.82 Å². The van der Waals surface area contributed by atoms with Gasteiger partial charge in [-0.05, 0) is 0 Å². The van der Waals surface area contributed by atoms with Crippen LogP contribution in [0.2, 0.25) is 0 Å². The molecule has 3 aromatic heterocycles. The number of carbonyl (C=O) groups is 1. The van der Waals surface area contributed by atoms with Crippen molar-refractivity contribution in [2.45, 2.75) is 6.54 Å². The smallest absolute Gasteiger partial charge is 0.332 e. The van der Waals surface area contributed by atoms with Gasteiger partial charge in [-0.25, -0.2) is 9.78 Å². The number of aromatic nitrogens is 6. The molecular formula is C14H15N7O4. The molecule has 0 aromatic carbocycles. The summed E-state index contributed by atoms with van der Waals surface area (Å²) >= 11 is 0. The fourth-order valence-corrected chi connectivity index (χ4v) is 2.53. The first-order valence-corrected chi connectivity index (χ1v) is 7.20. The van der Waals surface area contributed by atoms with Crippen LogP contribution in [0.3, 0.4) is 0 Å². The summed E-state index contributed by atoms with van der Waals surface area (Å²) in [5, 5.41) is 4.19. The number of anilines is 1. The average Bonchev–Trinajstić information content (AvgIpc) is 2.96. The Morgan fingerprint density at radius 2 is 1.80 bits per heavy atom. The molecule has 0 aliphatic rings. The Kier molecular flexibility index (Phi) is 3.63. The lowest BCUT2D eigenvalue weighted by molar-refractivity contribution is 0.0968. The van der Waals surface area contributed by atoms with Crippen LogP contribution in [-0.4, -0.2) is 34.2 Å². The summed E-state index contributed by atoms with van der Waals surface area (Å²) in [5.74, 6) is -0.942. The summed E-state index contributed by atoms with van der Waals surface area (Å²) < 4.78 is 4.29. The van der Waals surface area contributed by atoms with Gasteiger partial charge in [0.05, 0.1) is 12.7 Å². The first-order valence-electron chi connectivity index (χ1n) is 7.20. The van der Waals surface area contributed by atoms with Crippen molar-refractivity contribution < 1.29 is 4.79 Å². The maximum atomic E-state index is 12.5. The van der Waals surface area contributed by atoms with E-state index in [1.807, 2.05) is 0 Å². The van der Waals surface area contributed by atoms with E-state index in [2.05, 4.69) is 10.1 Å². The van der Waals surface area contributed by atoms with E-state index in [0.717, 1.165) is 13.7 Å². The van der Waals surface area contributed by atoms with Gasteiger partial charge >= 0.3 is 5.69 Å². The van der Waals surface area contributed by atoms with Gasteiger partial charge < -0.3 is 5.73 Å². The van der Waals surface area contributed by atoms with Gasteiger partial charge in [-0.1, -0.05) is 0 Å². The number of hydrogen-bond acceptors (Lipinski definition) is 7. The highest BCUT2D eigenvalue weighted by atomic mass is 16.2. The second-order valence-corrected chi connectivity index (χ2v) is 5.57. The lowest BCUT2D eigenvalue weighted by Crippen LogP contribution is -2.42. The molecule has 3 aromatic rings. The number of nitrogens with zero attached hydrogens (tertiary/aromatic N) is 6. The summed E-state index contributed by atoms with van der Waals surface area (Å²) in [4.78, 5) is 53.1. The molecule has 25 heavy (non-hydrogen) atoms. The summed E-state index contributed by atoms with van der Waals surface area (Å²) in [6, 6.07) is 0. The number of ketones is 1. The lowest BCUT2D eigenvalue weighted by atomic mass is 10.2. The molecular weight excluding hydrogens is 330 g/mol. The van der Waals surface area contributed by atoms with Gasteiger partial charge in [-0.15, -0.1) is 0 Å². The Labute approximate surface area is 139 Å². The van der Waals surface area contributed by atoms with Gasteiger partial charge in [0.2, 0.25) is 0 Å².